The van der Waals surface area contributed by atoms with Gasteiger partial charge in [-0.2, -0.15) is 9.40 Å². The van der Waals surface area contributed by atoms with Gasteiger partial charge in [-0.3, -0.25) is 0 Å². The average Bonchev–Trinajstić information content (AvgIpc) is 3.08. The van der Waals surface area contributed by atoms with E-state index in [4.69, 9.17) is 0 Å². The maximum Gasteiger partial charge on any atom is 0.243 e. The van der Waals surface area contributed by atoms with E-state index < -0.39 is 10.0 Å². The zero-order chi connectivity index (χ0) is 18.3. The Labute approximate surface area is 154 Å². The Morgan fingerprint density at radius 3 is 2.27 bits per heavy atom. The lowest BCUT2D eigenvalue weighted by Crippen LogP contribution is -2.49. The van der Waals surface area contributed by atoms with Crippen LogP contribution in [0, 0.1) is 13.8 Å². The van der Waals surface area contributed by atoms with Gasteiger partial charge in [0.1, 0.15) is 0 Å². The predicted molar refractivity (Wildman–Crippen MR) is 101 cm³/mol. The minimum absolute atomic E-state index is 0.390. The first kappa shape index (κ1) is 17.4. The summed E-state index contributed by atoms with van der Waals surface area (Å²) >= 11 is 0. The van der Waals surface area contributed by atoms with Gasteiger partial charge in [-0.1, -0.05) is 6.07 Å². The van der Waals surface area contributed by atoms with E-state index >= 15 is 0 Å². The van der Waals surface area contributed by atoms with Crippen molar-refractivity contribution in [2.45, 2.75) is 38.0 Å². The maximum atomic E-state index is 13.0. The van der Waals surface area contributed by atoms with Crippen LogP contribution >= 0.6 is 0 Å². The van der Waals surface area contributed by atoms with Crippen LogP contribution in [0.4, 0.5) is 5.82 Å². The van der Waals surface area contributed by atoms with Gasteiger partial charge < -0.3 is 4.90 Å². The van der Waals surface area contributed by atoms with Crippen LogP contribution in [0.15, 0.2) is 29.2 Å². The van der Waals surface area contributed by atoms with Crippen LogP contribution in [0.5, 0.6) is 0 Å². The second-order valence-corrected chi connectivity index (χ2v) is 9.18. The van der Waals surface area contributed by atoms with Crippen molar-refractivity contribution < 1.29 is 8.42 Å². The van der Waals surface area contributed by atoms with Gasteiger partial charge in [-0.25, -0.2) is 8.42 Å². The van der Waals surface area contributed by atoms with Crippen LogP contribution in [0.2, 0.25) is 0 Å². The number of rotatable bonds is 3. The van der Waals surface area contributed by atoms with Gasteiger partial charge in [-0.05, 0) is 68.0 Å². The normalized spacial score (nSPS) is 18.2. The summed E-state index contributed by atoms with van der Waals surface area (Å²) in [5, 5.41) is 8.70. The second kappa shape index (κ2) is 6.63. The van der Waals surface area contributed by atoms with Crippen molar-refractivity contribution in [1.29, 1.82) is 0 Å². The molecule has 0 atom stereocenters. The first-order valence-electron chi connectivity index (χ1n) is 9.12. The van der Waals surface area contributed by atoms with Gasteiger partial charge in [0.15, 0.2) is 5.82 Å². The minimum Gasteiger partial charge on any atom is -0.352 e. The highest BCUT2D eigenvalue weighted by Crippen LogP contribution is 2.25. The Kier molecular flexibility index (Phi) is 4.44. The Balaban J connectivity index is 1.49. The van der Waals surface area contributed by atoms with Gasteiger partial charge in [0.2, 0.25) is 10.0 Å². The number of aromatic nitrogens is 2. The third-order valence-corrected chi connectivity index (χ3v) is 7.08. The third kappa shape index (κ3) is 3.21. The van der Waals surface area contributed by atoms with E-state index in [0.717, 1.165) is 41.9 Å². The standard InChI is InChI=1S/C19H24N4O2S/c1-14-10-15(2)12-17(11-14)26(24,25)23-8-6-22(7-9-23)19-13-16-4-3-5-18(16)20-21-19/h10-13H,3-9H2,1-2H3. The van der Waals surface area contributed by atoms with E-state index in [2.05, 4.69) is 21.2 Å². The molecule has 1 aliphatic carbocycles. The molecule has 0 unspecified atom stereocenters. The van der Waals surface area contributed by atoms with Crippen LogP contribution in [0.25, 0.3) is 0 Å². The first-order chi connectivity index (χ1) is 12.4. The molecule has 2 aliphatic rings. The molecule has 7 heteroatoms. The number of piperazine rings is 1. The zero-order valence-electron chi connectivity index (χ0n) is 15.3. The number of anilines is 1. The Bertz CT molecular complexity index is 914. The Morgan fingerprint density at radius 2 is 1.58 bits per heavy atom. The van der Waals surface area contributed by atoms with Gasteiger partial charge >= 0.3 is 0 Å². The molecular weight excluding hydrogens is 348 g/mol. The Hall–Kier alpha value is -1.99. The van der Waals surface area contributed by atoms with Gasteiger partial charge in [0, 0.05) is 26.2 Å². The molecule has 6 nitrogen and oxygen atoms in total. The van der Waals surface area contributed by atoms with Crippen molar-refractivity contribution in [3.05, 3.63) is 46.6 Å². The highest BCUT2D eigenvalue weighted by atomic mass is 32.2. The average molecular weight is 372 g/mol. The molecule has 0 radical (unpaired) electrons. The molecule has 1 aliphatic heterocycles. The van der Waals surface area contributed by atoms with Crippen LogP contribution in [-0.4, -0.2) is 49.1 Å². The third-order valence-electron chi connectivity index (χ3n) is 5.20. The molecular formula is C19H24N4O2S. The highest BCUT2D eigenvalue weighted by Gasteiger charge is 2.29. The van der Waals surface area contributed by atoms with E-state index in [-0.39, 0.29) is 0 Å². The SMILES string of the molecule is Cc1cc(C)cc(S(=O)(=O)N2CCN(c3cc4c(nn3)CCC4)CC2)c1. The summed E-state index contributed by atoms with van der Waals surface area (Å²) in [4.78, 5) is 2.53. The fourth-order valence-electron chi connectivity index (χ4n) is 3.86. The van der Waals surface area contributed by atoms with Gasteiger partial charge in [-0.15, -0.1) is 5.10 Å². The molecule has 4 rings (SSSR count). The number of hydrogen-bond acceptors (Lipinski definition) is 5. The fourth-order valence-corrected chi connectivity index (χ4v) is 5.47. The van der Waals surface area contributed by atoms with Crippen molar-refractivity contribution >= 4 is 15.8 Å². The van der Waals surface area contributed by atoms with E-state index in [0.29, 0.717) is 31.1 Å². The number of aryl methyl sites for hydroxylation is 4. The molecule has 0 bridgehead atoms. The molecule has 138 valence electrons. The van der Waals surface area contributed by atoms with E-state index in [1.165, 1.54) is 5.56 Å². The lowest BCUT2D eigenvalue weighted by Gasteiger charge is -2.34. The molecule has 2 heterocycles. The summed E-state index contributed by atoms with van der Waals surface area (Å²) in [5.74, 6) is 0.870. The van der Waals surface area contributed by atoms with Crippen molar-refractivity contribution in [2.24, 2.45) is 0 Å². The largest absolute Gasteiger partial charge is 0.352 e. The summed E-state index contributed by atoms with van der Waals surface area (Å²) in [5.41, 5.74) is 4.34. The molecule has 0 N–H and O–H groups in total. The van der Waals surface area contributed by atoms with Crippen molar-refractivity contribution in [2.75, 3.05) is 31.1 Å². The number of hydrogen-bond donors (Lipinski definition) is 0. The molecule has 1 aromatic heterocycles. The molecule has 0 spiro atoms. The smallest absolute Gasteiger partial charge is 0.243 e. The lowest BCUT2D eigenvalue weighted by atomic mass is 10.2. The first-order valence-corrected chi connectivity index (χ1v) is 10.6. The summed E-state index contributed by atoms with van der Waals surface area (Å²) in [7, 11) is -3.45. The van der Waals surface area contributed by atoms with Crippen LogP contribution in [-0.2, 0) is 22.9 Å². The Morgan fingerprint density at radius 1 is 0.885 bits per heavy atom. The molecule has 0 saturated carbocycles. The predicted octanol–water partition coefficient (Wildman–Crippen LogP) is 2.09. The lowest BCUT2D eigenvalue weighted by molar-refractivity contribution is 0.383. The van der Waals surface area contributed by atoms with E-state index in [9.17, 15) is 8.42 Å². The van der Waals surface area contributed by atoms with Crippen molar-refractivity contribution in [1.82, 2.24) is 14.5 Å². The molecule has 1 saturated heterocycles. The molecule has 1 aromatic carbocycles. The quantitative estimate of drug-likeness (QED) is 0.825. The summed E-state index contributed by atoms with van der Waals surface area (Å²) in [6.07, 6.45) is 3.23. The van der Waals surface area contributed by atoms with Crippen LogP contribution in [0.1, 0.15) is 28.8 Å². The molecule has 26 heavy (non-hydrogen) atoms. The zero-order valence-corrected chi connectivity index (χ0v) is 16.1. The number of nitrogens with zero attached hydrogens (tertiary/aromatic N) is 4. The van der Waals surface area contributed by atoms with Crippen LogP contribution in [0.3, 0.4) is 0 Å². The number of benzene rings is 1. The van der Waals surface area contributed by atoms with Crippen LogP contribution < -0.4 is 4.90 Å². The number of fused-ring (bicyclic) bond motifs is 1. The molecule has 1 fully saturated rings. The highest BCUT2D eigenvalue weighted by molar-refractivity contribution is 7.89. The topological polar surface area (TPSA) is 66.4 Å². The van der Waals surface area contributed by atoms with Crippen molar-refractivity contribution in [3.8, 4) is 0 Å². The van der Waals surface area contributed by atoms with Gasteiger partial charge in [0.25, 0.3) is 0 Å². The summed E-state index contributed by atoms with van der Waals surface area (Å²) < 4.78 is 27.5. The van der Waals surface area contributed by atoms with Gasteiger partial charge in [0.05, 0.1) is 10.6 Å². The minimum atomic E-state index is -3.45. The monoisotopic (exact) mass is 372 g/mol. The van der Waals surface area contributed by atoms with Crippen molar-refractivity contribution in [3.63, 3.8) is 0 Å². The second-order valence-electron chi connectivity index (χ2n) is 7.24. The fraction of sp³-hybridized carbons (Fsp3) is 0.474. The van der Waals surface area contributed by atoms with E-state index in [1.54, 1.807) is 16.4 Å². The summed E-state index contributed by atoms with van der Waals surface area (Å²) in [6, 6.07) is 7.62. The number of sulfonamides is 1. The maximum absolute atomic E-state index is 13.0. The summed E-state index contributed by atoms with van der Waals surface area (Å²) in [6.45, 7) is 6.06. The molecule has 0 amide bonds. The molecule has 2 aromatic rings. The van der Waals surface area contributed by atoms with E-state index in [1.807, 2.05) is 19.9 Å².